The van der Waals surface area contributed by atoms with Crippen LogP contribution in [-0.4, -0.2) is 28.8 Å². The van der Waals surface area contributed by atoms with Gasteiger partial charge < -0.3 is 10.1 Å². The molecule has 1 aliphatic rings. The molecule has 1 heterocycles. The highest BCUT2D eigenvalue weighted by Gasteiger charge is 2.27. The number of nitrogens with one attached hydrogen (secondary N) is 1. The predicted octanol–water partition coefficient (Wildman–Crippen LogP) is 3.85. The minimum absolute atomic E-state index is 0.323. The van der Waals surface area contributed by atoms with E-state index in [0.717, 1.165) is 36.1 Å². The number of halogens is 1. The van der Waals surface area contributed by atoms with Gasteiger partial charge in [0.05, 0.1) is 18.4 Å². The van der Waals surface area contributed by atoms with Gasteiger partial charge in [-0.1, -0.05) is 6.07 Å². The van der Waals surface area contributed by atoms with Crippen molar-refractivity contribution in [3.8, 4) is 5.69 Å². The number of fused-ring (bicyclic) bond motifs is 1. The van der Waals surface area contributed by atoms with E-state index in [2.05, 4.69) is 10.4 Å². The smallest absolute Gasteiger partial charge is 0.337 e. The van der Waals surface area contributed by atoms with E-state index in [1.807, 2.05) is 6.92 Å². The lowest BCUT2D eigenvalue weighted by Crippen LogP contribution is -2.16. The quantitative estimate of drug-likeness (QED) is 0.684. The van der Waals surface area contributed by atoms with Crippen molar-refractivity contribution in [1.82, 2.24) is 9.78 Å². The summed E-state index contributed by atoms with van der Waals surface area (Å²) in [7, 11) is 1.31. The van der Waals surface area contributed by atoms with Crippen molar-refractivity contribution in [3.63, 3.8) is 0 Å². The van der Waals surface area contributed by atoms with Crippen LogP contribution < -0.4 is 5.32 Å². The number of hydrogen-bond acceptors (Lipinski definition) is 4. The van der Waals surface area contributed by atoms with E-state index in [-0.39, 0.29) is 11.7 Å². The van der Waals surface area contributed by atoms with Crippen molar-refractivity contribution >= 4 is 17.6 Å². The zero-order chi connectivity index (χ0) is 20.5. The summed E-state index contributed by atoms with van der Waals surface area (Å²) in [4.78, 5) is 24.8. The van der Waals surface area contributed by atoms with Crippen LogP contribution in [0.3, 0.4) is 0 Å². The lowest BCUT2D eigenvalue weighted by Gasteiger charge is -2.10. The Hall–Kier alpha value is -3.48. The first-order chi connectivity index (χ1) is 14.0. The highest BCUT2D eigenvalue weighted by Crippen LogP contribution is 2.29. The molecule has 0 atom stereocenters. The van der Waals surface area contributed by atoms with E-state index in [4.69, 9.17) is 4.74 Å². The summed E-state index contributed by atoms with van der Waals surface area (Å²) in [5.41, 5.74) is 4.66. The number of esters is 1. The summed E-state index contributed by atoms with van der Waals surface area (Å²) < 4.78 is 19.7. The summed E-state index contributed by atoms with van der Waals surface area (Å²) in [6.07, 6.45) is 2.51. The highest BCUT2D eigenvalue weighted by atomic mass is 19.1. The zero-order valence-corrected chi connectivity index (χ0v) is 16.2. The molecule has 0 unspecified atom stereocenters. The standard InChI is InChI=1S/C22H20FN3O3/c1-13-6-7-14(22(28)29-2)12-18(13)24-21(27)20-17-4-3-5-19(17)26(25-20)16-10-8-15(23)9-11-16/h6-12H,3-5H2,1-2H3,(H,24,27). The van der Waals surface area contributed by atoms with Crippen molar-refractivity contribution < 1.29 is 18.7 Å². The maximum Gasteiger partial charge on any atom is 0.337 e. The second kappa shape index (κ2) is 7.50. The molecule has 0 fully saturated rings. The fourth-order valence-electron chi connectivity index (χ4n) is 3.60. The summed E-state index contributed by atoms with van der Waals surface area (Å²) in [6.45, 7) is 1.85. The molecule has 1 N–H and O–H groups in total. The van der Waals surface area contributed by atoms with Gasteiger partial charge >= 0.3 is 5.97 Å². The number of carbonyl (C=O) groups is 2. The molecule has 0 saturated heterocycles. The number of nitrogens with zero attached hydrogens (tertiary/aromatic N) is 2. The topological polar surface area (TPSA) is 73.2 Å². The maximum atomic E-state index is 13.3. The van der Waals surface area contributed by atoms with Gasteiger partial charge in [0, 0.05) is 16.9 Å². The molecule has 29 heavy (non-hydrogen) atoms. The van der Waals surface area contributed by atoms with Crippen LogP contribution in [0.2, 0.25) is 0 Å². The summed E-state index contributed by atoms with van der Waals surface area (Å²) in [5, 5.41) is 7.39. The van der Waals surface area contributed by atoms with E-state index < -0.39 is 5.97 Å². The number of aryl methyl sites for hydroxylation is 1. The molecule has 7 heteroatoms. The Labute approximate surface area is 167 Å². The minimum Gasteiger partial charge on any atom is -0.465 e. The van der Waals surface area contributed by atoms with Gasteiger partial charge in [-0.25, -0.2) is 13.9 Å². The second-order valence-corrected chi connectivity index (χ2v) is 6.99. The van der Waals surface area contributed by atoms with E-state index in [1.165, 1.54) is 19.2 Å². The van der Waals surface area contributed by atoms with Crippen molar-refractivity contribution in [1.29, 1.82) is 0 Å². The summed E-state index contributed by atoms with van der Waals surface area (Å²) in [5.74, 6) is -1.13. The lowest BCUT2D eigenvalue weighted by molar-refractivity contribution is 0.0600. The number of amides is 1. The van der Waals surface area contributed by atoms with Crippen LogP contribution in [0.25, 0.3) is 5.69 Å². The predicted molar refractivity (Wildman–Crippen MR) is 106 cm³/mol. The third kappa shape index (κ3) is 3.51. The Morgan fingerprint density at radius 3 is 2.62 bits per heavy atom. The average molecular weight is 393 g/mol. The SMILES string of the molecule is COC(=O)c1ccc(C)c(NC(=O)c2nn(-c3ccc(F)cc3)c3c2CCC3)c1. The first-order valence-electron chi connectivity index (χ1n) is 9.35. The second-order valence-electron chi connectivity index (χ2n) is 6.99. The molecule has 3 aromatic rings. The number of ether oxygens (including phenoxy) is 1. The van der Waals surface area contributed by atoms with Crippen LogP contribution in [0.1, 0.15) is 44.1 Å². The molecule has 1 aliphatic carbocycles. The Morgan fingerprint density at radius 1 is 1.14 bits per heavy atom. The van der Waals surface area contributed by atoms with Gasteiger partial charge in [-0.15, -0.1) is 0 Å². The van der Waals surface area contributed by atoms with Crippen LogP contribution >= 0.6 is 0 Å². The van der Waals surface area contributed by atoms with Gasteiger partial charge in [0.25, 0.3) is 5.91 Å². The van der Waals surface area contributed by atoms with Gasteiger partial charge in [-0.05, 0) is 68.1 Å². The summed E-state index contributed by atoms with van der Waals surface area (Å²) >= 11 is 0. The average Bonchev–Trinajstić information content (AvgIpc) is 3.32. The first-order valence-corrected chi connectivity index (χ1v) is 9.35. The van der Waals surface area contributed by atoms with Gasteiger partial charge in [0.1, 0.15) is 5.82 Å². The molecule has 0 spiro atoms. The Morgan fingerprint density at radius 2 is 1.90 bits per heavy atom. The molecule has 2 aromatic carbocycles. The van der Waals surface area contributed by atoms with Gasteiger partial charge in [-0.3, -0.25) is 4.79 Å². The molecule has 0 radical (unpaired) electrons. The van der Waals surface area contributed by atoms with Gasteiger partial charge in [-0.2, -0.15) is 5.10 Å². The largest absolute Gasteiger partial charge is 0.465 e. The van der Waals surface area contributed by atoms with Gasteiger partial charge in [0.15, 0.2) is 5.69 Å². The van der Waals surface area contributed by atoms with E-state index in [9.17, 15) is 14.0 Å². The van der Waals surface area contributed by atoms with Crippen molar-refractivity contribution in [2.24, 2.45) is 0 Å². The monoisotopic (exact) mass is 393 g/mol. The van der Waals surface area contributed by atoms with Gasteiger partial charge in [0.2, 0.25) is 0 Å². The Kier molecular flexibility index (Phi) is 4.88. The number of rotatable bonds is 4. The number of carbonyl (C=O) groups excluding carboxylic acids is 2. The lowest BCUT2D eigenvalue weighted by atomic mass is 10.1. The zero-order valence-electron chi connectivity index (χ0n) is 16.2. The number of anilines is 1. The van der Waals surface area contributed by atoms with E-state index in [0.29, 0.717) is 22.6 Å². The number of benzene rings is 2. The number of hydrogen-bond donors (Lipinski definition) is 1. The normalized spacial score (nSPS) is 12.5. The van der Waals surface area contributed by atoms with Crippen LogP contribution in [0.4, 0.5) is 10.1 Å². The molecule has 0 bridgehead atoms. The van der Waals surface area contributed by atoms with Crippen LogP contribution in [0.15, 0.2) is 42.5 Å². The molecule has 0 saturated carbocycles. The molecule has 1 amide bonds. The molecule has 4 rings (SSSR count). The number of aromatic nitrogens is 2. The molecular weight excluding hydrogens is 373 g/mol. The van der Waals surface area contributed by atoms with Crippen molar-refractivity contribution in [3.05, 3.63) is 76.4 Å². The third-order valence-corrected chi connectivity index (χ3v) is 5.12. The molecule has 0 aliphatic heterocycles. The molecule has 148 valence electrons. The van der Waals surface area contributed by atoms with Crippen molar-refractivity contribution in [2.45, 2.75) is 26.2 Å². The summed E-state index contributed by atoms with van der Waals surface area (Å²) in [6, 6.07) is 11.0. The fourth-order valence-corrected chi connectivity index (χ4v) is 3.60. The Balaban J connectivity index is 1.68. The number of methoxy groups -OCH3 is 1. The minimum atomic E-state index is -0.470. The Bertz CT molecular complexity index is 1100. The highest BCUT2D eigenvalue weighted by molar-refractivity contribution is 6.05. The van der Waals surface area contributed by atoms with Crippen molar-refractivity contribution in [2.75, 3.05) is 12.4 Å². The van der Waals surface area contributed by atoms with E-state index >= 15 is 0 Å². The maximum absolute atomic E-state index is 13.3. The van der Waals surface area contributed by atoms with E-state index in [1.54, 1.807) is 35.0 Å². The van der Waals surface area contributed by atoms with Crippen LogP contribution in [0.5, 0.6) is 0 Å². The molecular formula is C22H20FN3O3. The first kappa shape index (κ1) is 18.9. The molecule has 6 nitrogen and oxygen atoms in total. The molecule has 1 aromatic heterocycles. The van der Waals surface area contributed by atoms with Crippen LogP contribution in [-0.2, 0) is 17.6 Å². The third-order valence-electron chi connectivity index (χ3n) is 5.12. The fraction of sp³-hybridized carbons (Fsp3) is 0.227. The van der Waals surface area contributed by atoms with Crippen LogP contribution in [0, 0.1) is 12.7 Å².